The van der Waals surface area contributed by atoms with E-state index in [1.165, 1.54) is 12.0 Å². The summed E-state index contributed by atoms with van der Waals surface area (Å²) in [6.07, 6.45) is 0.672. The van der Waals surface area contributed by atoms with Crippen molar-refractivity contribution in [2.45, 2.75) is 31.8 Å². The number of ether oxygens (including phenoxy) is 4. The van der Waals surface area contributed by atoms with Crippen molar-refractivity contribution >= 4 is 40.9 Å². The van der Waals surface area contributed by atoms with E-state index < -0.39 is 11.9 Å². The highest BCUT2D eigenvalue weighted by Crippen LogP contribution is 2.32. The summed E-state index contributed by atoms with van der Waals surface area (Å²) in [7, 11) is 1.49. The third kappa shape index (κ3) is 10.2. The predicted molar refractivity (Wildman–Crippen MR) is 171 cm³/mol. The van der Waals surface area contributed by atoms with Crippen molar-refractivity contribution in [2.75, 3.05) is 77.4 Å². The van der Waals surface area contributed by atoms with E-state index in [2.05, 4.69) is 21.3 Å². The van der Waals surface area contributed by atoms with E-state index >= 15 is 0 Å². The molecule has 4 rings (SSSR count). The highest BCUT2D eigenvalue weighted by atomic mass is 16.5. The Morgan fingerprint density at radius 2 is 1.68 bits per heavy atom. The smallest absolute Gasteiger partial charge is 0.255 e. The molecule has 1 fully saturated rings. The molecule has 0 radical (unpaired) electrons. The van der Waals surface area contributed by atoms with Crippen LogP contribution >= 0.6 is 0 Å². The molecule has 0 aliphatic carbocycles. The number of hydrogen-bond acceptors (Lipinski definition) is 11. The number of methoxy groups -OCH3 is 1. The number of imide groups is 1. The Kier molecular flexibility index (Phi) is 13.5. The molecule has 0 saturated carbocycles. The lowest BCUT2D eigenvalue weighted by molar-refractivity contribution is -0.137. The second-order valence-electron chi connectivity index (χ2n) is 10.8. The van der Waals surface area contributed by atoms with E-state index in [9.17, 15) is 24.0 Å². The van der Waals surface area contributed by atoms with E-state index in [-0.39, 0.29) is 49.4 Å². The highest BCUT2D eigenvalue weighted by Gasteiger charge is 2.39. The molecule has 1 saturated heterocycles. The summed E-state index contributed by atoms with van der Waals surface area (Å²) >= 11 is 0. The molecule has 6 N–H and O–H groups in total. The van der Waals surface area contributed by atoms with Gasteiger partial charge >= 0.3 is 0 Å². The van der Waals surface area contributed by atoms with Gasteiger partial charge in [0.05, 0.1) is 52.4 Å². The predicted octanol–water partition coefficient (Wildman–Crippen LogP) is 0.436. The topological polar surface area (TPSA) is 200 Å². The number of anilines is 2. The first-order chi connectivity index (χ1) is 22.8. The Bertz CT molecular complexity index is 1440. The van der Waals surface area contributed by atoms with Gasteiger partial charge in [-0.25, -0.2) is 0 Å². The van der Waals surface area contributed by atoms with Crippen LogP contribution in [-0.2, 0) is 35.1 Å². The Morgan fingerprint density at radius 3 is 2.40 bits per heavy atom. The SMILES string of the molecule is COc1cc(C(=O)NCCOCCOCCOCCNCCC(=O)Nc2cccc3c2CN(C2CCC(=O)NC2=O)C3=O)ccc1N. The number of nitrogens with two attached hydrogens (primary N) is 1. The number of piperidine rings is 1. The van der Waals surface area contributed by atoms with Crippen LogP contribution in [0.5, 0.6) is 5.75 Å². The number of nitrogen functional groups attached to an aromatic ring is 1. The second kappa shape index (κ2) is 17.9. The Morgan fingerprint density at radius 1 is 0.957 bits per heavy atom. The first kappa shape index (κ1) is 35.3. The monoisotopic (exact) mass is 654 g/mol. The van der Waals surface area contributed by atoms with Crippen molar-refractivity contribution in [3.8, 4) is 5.75 Å². The largest absolute Gasteiger partial charge is 0.495 e. The molecule has 5 amide bonds. The average molecular weight is 655 g/mol. The van der Waals surface area contributed by atoms with Crippen molar-refractivity contribution < 1.29 is 42.9 Å². The van der Waals surface area contributed by atoms with E-state index in [0.29, 0.717) is 93.1 Å². The quantitative estimate of drug-likeness (QED) is 0.0800. The van der Waals surface area contributed by atoms with Crippen molar-refractivity contribution in [1.82, 2.24) is 20.9 Å². The van der Waals surface area contributed by atoms with Gasteiger partial charge in [-0.1, -0.05) is 6.07 Å². The fourth-order valence-electron chi connectivity index (χ4n) is 5.12. The minimum Gasteiger partial charge on any atom is -0.495 e. The number of amides is 5. The molecule has 0 spiro atoms. The van der Waals surface area contributed by atoms with E-state index in [4.69, 9.17) is 24.7 Å². The van der Waals surface area contributed by atoms with Gasteiger partial charge in [-0.3, -0.25) is 29.3 Å². The molecule has 254 valence electrons. The van der Waals surface area contributed by atoms with Crippen molar-refractivity contribution in [1.29, 1.82) is 0 Å². The Labute approximate surface area is 272 Å². The molecule has 2 heterocycles. The van der Waals surface area contributed by atoms with Crippen LogP contribution in [0.15, 0.2) is 36.4 Å². The summed E-state index contributed by atoms with van der Waals surface area (Å²) in [5.74, 6) is -1.11. The van der Waals surface area contributed by atoms with Gasteiger partial charge in [0, 0.05) is 61.4 Å². The summed E-state index contributed by atoms with van der Waals surface area (Å²) in [6.45, 7) is 3.93. The van der Waals surface area contributed by atoms with Gasteiger partial charge in [-0.05, 0) is 36.8 Å². The van der Waals surface area contributed by atoms with Crippen LogP contribution < -0.4 is 31.7 Å². The lowest BCUT2D eigenvalue weighted by atomic mass is 10.0. The Balaban J connectivity index is 0.985. The number of benzene rings is 2. The molecule has 2 aliphatic rings. The minimum atomic E-state index is -0.714. The van der Waals surface area contributed by atoms with Gasteiger partial charge in [-0.15, -0.1) is 0 Å². The first-order valence-electron chi connectivity index (χ1n) is 15.5. The average Bonchev–Trinajstić information content (AvgIpc) is 3.39. The highest BCUT2D eigenvalue weighted by molar-refractivity contribution is 6.06. The van der Waals surface area contributed by atoms with Crippen LogP contribution in [0, 0.1) is 0 Å². The van der Waals surface area contributed by atoms with Crippen molar-refractivity contribution in [3.63, 3.8) is 0 Å². The summed E-state index contributed by atoms with van der Waals surface area (Å²) < 4.78 is 21.6. The van der Waals surface area contributed by atoms with Gasteiger partial charge < -0.3 is 45.5 Å². The molecule has 2 aromatic rings. The molecule has 47 heavy (non-hydrogen) atoms. The number of nitrogens with one attached hydrogen (secondary N) is 4. The molecule has 15 nitrogen and oxygen atoms in total. The van der Waals surface area contributed by atoms with E-state index in [1.54, 1.807) is 36.4 Å². The molecule has 1 atom stereocenters. The minimum absolute atomic E-state index is 0.177. The zero-order valence-corrected chi connectivity index (χ0v) is 26.4. The summed E-state index contributed by atoms with van der Waals surface area (Å²) in [6, 6.07) is 9.22. The molecular weight excluding hydrogens is 612 g/mol. The van der Waals surface area contributed by atoms with Gasteiger partial charge in [0.1, 0.15) is 11.8 Å². The number of carbonyl (C=O) groups is 5. The molecule has 0 bridgehead atoms. The van der Waals surface area contributed by atoms with E-state index in [0.717, 1.165) is 0 Å². The number of nitrogens with zero attached hydrogens (tertiary/aromatic N) is 1. The summed E-state index contributed by atoms with van der Waals surface area (Å²) in [5, 5.41) is 11.1. The number of fused-ring (bicyclic) bond motifs is 1. The second-order valence-corrected chi connectivity index (χ2v) is 10.8. The van der Waals surface area contributed by atoms with Crippen LogP contribution in [0.3, 0.4) is 0 Å². The zero-order valence-electron chi connectivity index (χ0n) is 26.4. The van der Waals surface area contributed by atoms with Crippen molar-refractivity contribution in [2.24, 2.45) is 0 Å². The fourth-order valence-corrected chi connectivity index (χ4v) is 5.12. The van der Waals surface area contributed by atoms with Crippen LogP contribution in [0.1, 0.15) is 45.5 Å². The number of rotatable bonds is 19. The maximum Gasteiger partial charge on any atom is 0.255 e. The number of carbonyl (C=O) groups excluding carboxylic acids is 5. The van der Waals surface area contributed by atoms with Gasteiger partial charge in [0.15, 0.2) is 0 Å². The van der Waals surface area contributed by atoms with Crippen LogP contribution in [0.4, 0.5) is 11.4 Å². The molecular formula is C32H42N6O9. The van der Waals surface area contributed by atoms with Crippen LogP contribution in [0.2, 0.25) is 0 Å². The maximum absolute atomic E-state index is 13.0. The fraction of sp³-hybridized carbons (Fsp3) is 0.469. The summed E-state index contributed by atoms with van der Waals surface area (Å²) in [5.41, 5.74) is 8.32. The lowest BCUT2D eigenvalue weighted by Gasteiger charge is -2.29. The Hall–Kier alpha value is -4.57. The summed E-state index contributed by atoms with van der Waals surface area (Å²) in [4.78, 5) is 63.0. The third-order valence-corrected chi connectivity index (χ3v) is 7.58. The maximum atomic E-state index is 13.0. The van der Waals surface area contributed by atoms with Gasteiger partial charge in [-0.2, -0.15) is 0 Å². The molecule has 0 aromatic heterocycles. The van der Waals surface area contributed by atoms with Crippen LogP contribution in [-0.4, -0.2) is 107 Å². The van der Waals surface area contributed by atoms with Gasteiger partial charge in [0.2, 0.25) is 17.7 Å². The normalized spacial score (nSPS) is 15.7. The lowest BCUT2D eigenvalue weighted by Crippen LogP contribution is -2.52. The van der Waals surface area contributed by atoms with Gasteiger partial charge in [0.25, 0.3) is 11.8 Å². The first-order valence-corrected chi connectivity index (χ1v) is 15.5. The van der Waals surface area contributed by atoms with E-state index in [1.807, 2.05) is 0 Å². The zero-order chi connectivity index (χ0) is 33.6. The third-order valence-electron chi connectivity index (χ3n) is 7.58. The number of hydrogen-bond donors (Lipinski definition) is 5. The van der Waals surface area contributed by atoms with Crippen LogP contribution in [0.25, 0.3) is 0 Å². The van der Waals surface area contributed by atoms with Crippen molar-refractivity contribution in [3.05, 3.63) is 53.1 Å². The standard InChI is InChI=1S/C32H42N6O9/c1-44-27-19-21(5-6-24(27)33)30(41)35-12-14-46-16-18-47-17-15-45-13-11-34-10-9-29(40)36-25-4-2-3-22-23(25)20-38(32(22)43)26-7-8-28(39)37-31(26)42/h2-6,19,26,34H,7-18,20,33H2,1H3,(H,35,41)(H,36,40)(H,37,39,42). The molecule has 15 heteroatoms. The molecule has 2 aliphatic heterocycles. The molecule has 1 unspecified atom stereocenters. The molecule has 2 aromatic carbocycles.